The van der Waals surface area contributed by atoms with Crippen LogP contribution < -0.4 is 0 Å². The summed E-state index contributed by atoms with van der Waals surface area (Å²) in [5, 5.41) is 17.4. The topological polar surface area (TPSA) is 74.6 Å². The van der Waals surface area contributed by atoms with E-state index in [4.69, 9.17) is 10.2 Å². The molecule has 0 aliphatic heterocycles. The quantitative estimate of drug-likeness (QED) is 0.222. The van der Waals surface area contributed by atoms with Crippen molar-refractivity contribution < 1.29 is 19.8 Å². The lowest BCUT2D eigenvalue weighted by molar-refractivity contribution is -0.138. The summed E-state index contributed by atoms with van der Waals surface area (Å²) >= 11 is 0. The highest BCUT2D eigenvalue weighted by molar-refractivity contribution is 5.66. The van der Waals surface area contributed by atoms with Crippen molar-refractivity contribution in [1.29, 1.82) is 0 Å². The molecule has 0 radical (unpaired) electrons. The van der Waals surface area contributed by atoms with Crippen LogP contribution in [0.15, 0.2) is 18.2 Å². The van der Waals surface area contributed by atoms with Crippen molar-refractivity contribution in [2.75, 3.05) is 0 Å². The minimum atomic E-state index is -0.684. The van der Waals surface area contributed by atoms with E-state index in [-0.39, 0.29) is 0 Å². The van der Waals surface area contributed by atoms with Gasteiger partial charge in [-0.3, -0.25) is 9.59 Å². The van der Waals surface area contributed by atoms with Gasteiger partial charge in [0, 0.05) is 12.8 Å². The van der Waals surface area contributed by atoms with Crippen LogP contribution in [0.2, 0.25) is 0 Å². The van der Waals surface area contributed by atoms with E-state index in [1.807, 2.05) is 0 Å². The van der Waals surface area contributed by atoms with Crippen LogP contribution in [-0.4, -0.2) is 22.2 Å². The molecule has 4 heteroatoms. The van der Waals surface area contributed by atoms with E-state index in [9.17, 15) is 9.59 Å². The van der Waals surface area contributed by atoms with E-state index in [2.05, 4.69) is 32.0 Å². The SMILES string of the molecule is CC(C)c1cccc(CCCCCCCCC(=O)O)c1CCCCCCCCC(=O)O. The molecule has 0 saturated heterocycles. The monoisotopic (exact) mass is 432 g/mol. The first kappa shape index (κ1) is 27.2. The third kappa shape index (κ3) is 13.2. The Hall–Kier alpha value is -1.84. The maximum absolute atomic E-state index is 10.6. The fourth-order valence-corrected chi connectivity index (χ4v) is 4.32. The van der Waals surface area contributed by atoms with Gasteiger partial charge in [0.15, 0.2) is 0 Å². The van der Waals surface area contributed by atoms with Gasteiger partial charge < -0.3 is 10.2 Å². The molecule has 0 aliphatic carbocycles. The number of carboxylic acid groups (broad SMARTS) is 2. The van der Waals surface area contributed by atoms with E-state index < -0.39 is 11.9 Å². The average Bonchev–Trinajstić information content (AvgIpc) is 2.71. The first-order valence-corrected chi connectivity index (χ1v) is 12.5. The molecule has 2 N–H and O–H groups in total. The number of carbonyl (C=O) groups is 2. The third-order valence-electron chi connectivity index (χ3n) is 6.09. The van der Waals surface area contributed by atoms with Crippen molar-refractivity contribution in [3.05, 3.63) is 34.9 Å². The minimum Gasteiger partial charge on any atom is -0.481 e. The van der Waals surface area contributed by atoms with Gasteiger partial charge in [0.05, 0.1) is 0 Å². The summed E-state index contributed by atoms with van der Waals surface area (Å²) < 4.78 is 0. The van der Waals surface area contributed by atoms with Crippen LogP contribution in [0.3, 0.4) is 0 Å². The predicted octanol–water partition coefficient (Wildman–Crippen LogP) is 7.53. The van der Waals surface area contributed by atoms with Crippen molar-refractivity contribution >= 4 is 11.9 Å². The molecule has 31 heavy (non-hydrogen) atoms. The highest BCUT2D eigenvalue weighted by atomic mass is 16.4. The van der Waals surface area contributed by atoms with Crippen LogP contribution in [-0.2, 0) is 22.4 Å². The average molecular weight is 433 g/mol. The predicted molar refractivity (Wildman–Crippen MR) is 128 cm³/mol. The van der Waals surface area contributed by atoms with E-state index in [0.717, 1.165) is 51.4 Å². The van der Waals surface area contributed by atoms with Crippen molar-refractivity contribution in [1.82, 2.24) is 0 Å². The molecular weight excluding hydrogens is 388 g/mol. The molecule has 0 bridgehead atoms. The van der Waals surface area contributed by atoms with Crippen LogP contribution in [0, 0.1) is 0 Å². The standard InChI is InChI=1S/C27H44O4/c1-22(2)24-19-15-17-23(16-11-7-3-5-9-13-20-26(28)29)25(24)18-12-8-4-6-10-14-21-27(30)31/h15,17,19,22H,3-14,16,18,20-21H2,1-2H3,(H,28,29)(H,30,31). The molecule has 1 aromatic carbocycles. The van der Waals surface area contributed by atoms with Crippen molar-refractivity contribution in [2.45, 2.75) is 122 Å². The number of hydrogen-bond donors (Lipinski definition) is 2. The van der Waals surface area contributed by atoms with E-state index >= 15 is 0 Å². The Morgan fingerprint density at radius 3 is 1.61 bits per heavy atom. The molecule has 0 aliphatic rings. The summed E-state index contributed by atoms with van der Waals surface area (Å²) in [6.45, 7) is 4.56. The van der Waals surface area contributed by atoms with Gasteiger partial charge in [0.1, 0.15) is 0 Å². The highest BCUT2D eigenvalue weighted by Crippen LogP contribution is 2.26. The van der Waals surface area contributed by atoms with Crippen LogP contribution in [0.5, 0.6) is 0 Å². The molecular formula is C27H44O4. The normalized spacial score (nSPS) is 11.2. The number of aliphatic carboxylic acids is 2. The second-order valence-corrected chi connectivity index (χ2v) is 9.17. The molecule has 0 saturated carbocycles. The van der Waals surface area contributed by atoms with Crippen LogP contribution in [0.1, 0.15) is 126 Å². The molecule has 0 unspecified atom stereocenters. The summed E-state index contributed by atoms with van der Waals surface area (Å²) in [6.07, 6.45) is 16.0. The lowest BCUT2D eigenvalue weighted by atomic mass is 9.88. The number of unbranched alkanes of at least 4 members (excludes halogenated alkanes) is 10. The zero-order valence-electron chi connectivity index (χ0n) is 19.8. The Morgan fingerprint density at radius 2 is 1.13 bits per heavy atom. The van der Waals surface area contributed by atoms with E-state index in [1.165, 1.54) is 49.7 Å². The Bertz CT molecular complexity index is 636. The Morgan fingerprint density at radius 1 is 0.677 bits per heavy atom. The maximum Gasteiger partial charge on any atom is 0.303 e. The van der Waals surface area contributed by atoms with Crippen molar-refractivity contribution in [3.63, 3.8) is 0 Å². The van der Waals surface area contributed by atoms with Gasteiger partial charge in [-0.25, -0.2) is 0 Å². The molecule has 0 heterocycles. The lowest BCUT2D eigenvalue weighted by Crippen LogP contribution is -2.03. The second kappa shape index (κ2) is 16.8. The summed E-state index contributed by atoms with van der Waals surface area (Å²) in [6, 6.07) is 6.81. The molecule has 4 nitrogen and oxygen atoms in total. The third-order valence-corrected chi connectivity index (χ3v) is 6.09. The Balaban J connectivity index is 2.37. The zero-order valence-corrected chi connectivity index (χ0v) is 19.8. The lowest BCUT2D eigenvalue weighted by Gasteiger charge is -2.18. The van der Waals surface area contributed by atoms with Gasteiger partial charge in [-0.2, -0.15) is 0 Å². The molecule has 1 rings (SSSR count). The molecule has 0 amide bonds. The van der Waals surface area contributed by atoms with E-state index in [1.54, 1.807) is 5.56 Å². The molecule has 176 valence electrons. The van der Waals surface area contributed by atoms with Gasteiger partial charge in [-0.05, 0) is 61.1 Å². The highest BCUT2D eigenvalue weighted by Gasteiger charge is 2.11. The number of hydrogen-bond acceptors (Lipinski definition) is 2. The van der Waals surface area contributed by atoms with Crippen LogP contribution in [0.25, 0.3) is 0 Å². The van der Waals surface area contributed by atoms with Gasteiger partial charge >= 0.3 is 11.9 Å². The first-order chi connectivity index (χ1) is 14.9. The molecule has 0 atom stereocenters. The Kier molecular flexibility index (Phi) is 14.7. The fraction of sp³-hybridized carbons (Fsp3) is 0.704. The summed E-state index contributed by atoms with van der Waals surface area (Å²) in [4.78, 5) is 21.1. The van der Waals surface area contributed by atoms with Gasteiger partial charge in [-0.15, -0.1) is 0 Å². The number of aryl methyl sites for hydroxylation is 1. The fourth-order valence-electron chi connectivity index (χ4n) is 4.32. The smallest absolute Gasteiger partial charge is 0.303 e. The number of benzene rings is 1. The molecule has 0 spiro atoms. The van der Waals surface area contributed by atoms with Gasteiger partial charge in [0.2, 0.25) is 0 Å². The summed E-state index contributed by atoms with van der Waals surface area (Å²) in [5.74, 6) is -0.827. The van der Waals surface area contributed by atoms with Gasteiger partial charge in [0.25, 0.3) is 0 Å². The van der Waals surface area contributed by atoms with Crippen molar-refractivity contribution in [3.8, 4) is 0 Å². The largest absolute Gasteiger partial charge is 0.481 e. The molecule has 1 aromatic rings. The number of rotatable bonds is 19. The first-order valence-electron chi connectivity index (χ1n) is 12.5. The number of carboxylic acids is 2. The second-order valence-electron chi connectivity index (χ2n) is 9.17. The van der Waals surface area contributed by atoms with Crippen LogP contribution in [0.4, 0.5) is 0 Å². The molecule has 0 aromatic heterocycles. The molecule has 0 fully saturated rings. The van der Waals surface area contributed by atoms with Gasteiger partial charge in [-0.1, -0.05) is 83.4 Å². The van der Waals surface area contributed by atoms with Crippen LogP contribution >= 0.6 is 0 Å². The zero-order chi connectivity index (χ0) is 22.9. The maximum atomic E-state index is 10.6. The Labute approximate surface area is 189 Å². The van der Waals surface area contributed by atoms with Crippen molar-refractivity contribution in [2.24, 2.45) is 0 Å². The van der Waals surface area contributed by atoms with E-state index in [0.29, 0.717) is 18.8 Å². The summed E-state index contributed by atoms with van der Waals surface area (Å²) in [5.41, 5.74) is 4.57. The summed E-state index contributed by atoms with van der Waals surface area (Å²) in [7, 11) is 0. The minimum absolute atomic E-state index is 0.299.